The molecule has 0 radical (unpaired) electrons. The topological polar surface area (TPSA) is 95.6 Å². The van der Waals surface area contributed by atoms with Crippen LogP contribution in [0, 0.1) is 11.8 Å². The summed E-state index contributed by atoms with van der Waals surface area (Å²) in [5.74, 6) is 5.12. The first kappa shape index (κ1) is 19.2. The zero-order valence-corrected chi connectivity index (χ0v) is 14.8. The van der Waals surface area contributed by atoms with Crippen LogP contribution in [0.1, 0.15) is 33.5 Å². The van der Waals surface area contributed by atoms with E-state index >= 15 is 0 Å². The summed E-state index contributed by atoms with van der Waals surface area (Å²) >= 11 is 6.07. The van der Waals surface area contributed by atoms with E-state index in [0.29, 0.717) is 23.6 Å². The zero-order valence-electron chi connectivity index (χ0n) is 14.0. The summed E-state index contributed by atoms with van der Waals surface area (Å²) < 4.78 is 0. The Bertz CT molecular complexity index is 882. The molecule has 0 spiro atoms. The van der Waals surface area contributed by atoms with Gasteiger partial charge in [-0.2, -0.15) is 0 Å². The predicted octanol–water partition coefficient (Wildman–Crippen LogP) is 3.10. The number of aromatic carboxylic acids is 1. The second kappa shape index (κ2) is 9.40. The summed E-state index contributed by atoms with van der Waals surface area (Å²) in [5, 5.41) is 22.0. The Morgan fingerprint density at radius 1 is 1.19 bits per heavy atom. The van der Waals surface area contributed by atoms with Crippen molar-refractivity contribution in [2.75, 3.05) is 6.54 Å². The summed E-state index contributed by atoms with van der Waals surface area (Å²) in [7, 11) is 0. The van der Waals surface area contributed by atoms with Crippen molar-refractivity contribution in [2.45, 2.75) is 12.8 Å². The summed E-state index contributed by atoms with van der Waals surface area (Å²) in [4.78, 5) is 11.2. The third-order valence-corrected chi connectivity index (χ3v) is 3.93. The van der Waals surface area contributed by atoms with Gasteiger partial charge in [0.1, 0.15) is 5.75 Å². The van der Waals surface area contributed by atoms with Crippen LogP contribution in [0.5, 0.6) is 5.75 Å². The fourth-order valence-electron chi connectivity index (χ4n) is 2.33. The molecule has 5 nitrogen and oxygen atoms in total. The van der Waals surface area contributed by atoms with Gasteiger partial charge >= 0.3 is 5.97 Å². The first-order chi connectivity index (χ1) is 12.5. The molecule has 0 saturated carbocycles. The summed E-state index contributed by atoms with van der Waals surface area (Å²) in [6, 6.07) is 9.46. The minimum Gasteiger partial charge on any atom is -0.508 e. The third kappa shape index (κ3) is 5.47. The molecule has 6 heteroatoms. The summed E-state index contributed by atoms with van der Waals surface area (Å²) in [6.07, 6.45) is 4.53. The van der Waals surface area contributed by atoms with Crippen molar-refractivity contribution in [1.29, 1.82) is 0 Å². The molecular weight excluding hydrogens is 352 g/mol. The van der Waals surface area contributed by atoms with Gasteiger partial charge in [-0.25, -0.2) is 4.79 Å². The number of phenolic OH excluding ortho intramolecular Hbond substituents is 1. The molecule has 2 aromatic rings. The molecule has 2 aromatic carbocycles. The highest BCUT2D eigenvalue weighted by Gasteiger charge is 2.07. The molecule has 0 amide bonds. The number of carboxylic acids is 1. The summed E-state index contributed by atoms with van der Waals surface area (Å²) in [6.45, 7) is 0.710. The molecule has 0 aliphatic heterocycles. The number of aromatic hydroxyl groups is 1. The maximum absolute atomic E-state index is 11.2. The van der Waals surface area contributed by atoms with Crippen molar-refractivity contribution in [3.63, 3.8) is 0 Å². The van der Waals surface area contributed by atoms with E-state index in [1.165, 1.54) is 24.4 Å². The van der Waals surface area contributed by atoms with Gasteiger partial charge in [0.2, 0.25) is 0 Å². The predicted molar refractivity (Wildman–Crippen MR) is 102 cm³/mol. The number of hydrogen-bond donors (Lipinski definition) is 4. The highest BCUT2D eigenvalue weighted by Crippen LogP contribution is 2.21. The highest BCUT2D eigenvalue weighted by molar-refractivity contribution is 6.31. The molecule has 0 fully saturated rings. The number of phenols is 1. The van der Waals surface area contributed by atoms with E-state index in [1.54, 1.807) is 24.4 Å². The highest BCUT2D eigenvalue weighted by atomic mass is 35.5. The second-order valence-electron chi connectivity index (χ2n) is 5.51. The summed E-state index contributed by atoms with van der Waals surface area (Å²) in [5.41, 5.74) is 7.67. The van der Waals surface area contributed by atoms with Gasteiger partial charge < -0.3 is 21.3 Å². The molecule has 134 valence electrons. The fraction of sp³-hybridized carbons (Fsp3) is 0.150. The van der Waals surface area contributed by atoms with Crippen LogP contribution in [0.2, 0.25) is 5.02 Å². The fourth-order valence-corrected chi connectivity index (χ4v) is 2.55. The van der Waals surface area contributed by atoms with Crippen LogP contribution < -0.4 is 11.1 Å². The van der Waals surface area contributed by atoms with E-state index in [2.05, 4.69) is 17.2 Å². The molecule has 0 aliphatic rings. The lowest BCUT2D eigenvalue weighted by Gasteiger charge is -2.07. The molecule has 0 atom stereocenters. The van der Waals surface area contributed by atoms with Crippen molar-refractivity contribution in [2.24, 2.45) is 5.73 Å². The van der Waals surface area contributed by atoms with Crippen LogP contribution >= 0.6 is 11.6 Å². The lowest BCUT2D eigenvalue weighted by atomic mass is 9.99. The first-order valence-electron chi connectivity index (χ1n) is 7.98. The van der Waals surface area contributed by atoms with Crippen molar-refractivity contribution >= 4 is 17.6 Å². The molecule has 2 rings (SSSR count). The molecule has 0 aliphatic carbocycles. The van der Waals surface area contributed by atoms with Gasteiger partial charge in [-0.15, -0.1) is 0 Å². The maximum atomic E-state index is 11.2. The maximum Gasteiger partial charge on any atom is 0.335 e. The SMILES string of the molecule is N/C=C\NCCCc1cc(C(=O)O)ccc1C#Cc1ccc(O)cc1Cl. The Labute approximate surface area is 157 Å². The molecular formula is C20H19ClN2O3. The van der Waals surface area contributed by atoms with Crippen LogP contribution in [0.25, 0.3) is 0 Å². The molecule has 5 N–H and O–H groups in total. The Morgan fingerprint density at radius 3 is 2.62 bits per heavy atom. The van der Waals surface area contributed by atoms with E-state index in [0.717, 1.165) is 17.5 Å². The molecule has 0 saturated heterocycles. The molecule has 0 unspecified atom stereocenters. The van der Waals surface area contributed by atoms with Crippen LogP contribution in [-0.2, 0) is 6.42 Å². The van der Waals surface area contributed by atoms with E-state index < -0.39 is 5.97 Å². The lowest BCUT2D eigenvalue weighted by Crippen LogP contribution is -2.09. The molecule has 0 aromatic heterocycles. The van der Waals surface area contributed by atoms with E-state index in [1.807, 2.05) is 0 Å². The number of nitrogens with two attached hydrogens (primary N) is 1. The van der Waals surface area contributed by atoms with Gasteiger partial charge in [-0.05, 0) is 54.8 Å². The van der Waals surface area contributed by atoms with Crippen LogP contribution in [-0.4, -0.2) is 22.7 Å². The van der Waals surface area contributed by atoms with Gasteiger partial charge in [0, 0.05) is 30.1 Å². The standard InChI is InChI=1S/C20H19ClN2O3/c21-19-13-18(24)8-7-15(19)5-3-14-4-6-17(20(25)26)12-16(14)2-1-10-23-11-9-22/h4,6-9,11-13,23-24H,1-2,10,22H2,(H,25,26)/b11-9-. The number of hydrogen-bond acceptors (Lipinski definition) is 4. The third-order valence-electron chi connectivity index (χ3n) is 3.62. The van der Waals surface area contributed by atoms with Gasteiger partial charge in [0.05, 0.1) is 10.6 Å². The minimum absolute atomic E-state index is 0.0751. The van der Waals surface area contributed by atoms with Crippen molar-refractivity contribution in [1.82, 2.24) is 5.32 Å². The van der Waals surface area contributed by atoms with Gasteiger partial charge in [-0.1, -0.05) is 23.4 Å². The van der Waals surface area contributed by atoms with Crippen molar-refractivity contribution in [3.8, 4) is 17.6 Å². The quantitative estimate of drug-likeness (QED) is 0.463. The normalized spacial score (nSPS) is 10.3. The number of carboxylic acid groups (broad SMARTS) is 1. The second-order valence-corrected chi connectivity index (χ2v) is 5.92. The Balaban J connectivity index is 2.26. The Hall–Kier alpha value is -3.10. The van der Waals surface area contributed by atoms with Crippen LogP contribution in [0.15, 0.2) is 48.8 Å². The first-order valence-corrected chi connectivity index (χ1v) is 8.36. The van der Waals surface area contributed by atoms with E-state index in [9.17, 15) is 15.0 Å². The van der Waals surface area contributed by atoms with Gasteiger partial charge in [-0.3, -0.25) is 0 Å². The van der Waals surface area contributed by atoms with Crippen molar-refractivity contribution in [3.05, 3.63) is 76.1 Å². The lowest BCUT2D eigenvalue weighted by molar-refractivity contribution is 0.0696. The van der Waals surface area contributed by atoms with Gasteiger partial charge in [0.15, 0.2) is 0 Å². The van der Waals surface area contributed by atoms with Crippen molar-refractivity contribution < 1.29 is 15.0 Å². The van der Waals surface area contributed by atoms with E-state index in [-0.39, 0.29) is 11.3 Å². The number of halogens is 1. The van der Waals surface area contributed by atoms with Gasteiger partial charge in [0.25, 0.3) is 0 Å². The monoisotopic (exact) mass is 370 g/mol. The van der Waals surface area contributed by atoms with Crippen LogP contribution in [0.3, 0.4) is 0 Å². The Kier molecular flexibility index (Phi) is 6.95. The Morgan fingerprint density at radius 2 is 1.92 bits per heavy atom. The minimum atomic E-state index is -0.975. The molecule has 0 heterocycles. The number of benzene rings is 2. The number of aryl methyl sites for hydroxylation is 1. The number of carbonyl (C=O) groups is 1. The largest absolute Gasteiger partial charge is 0.508 e. The van der Waals surface area contributed by atoms with E-state index in [4.69, 9.17) is 17.3 Å². The number of nitrogens with one attached hydrogen (secondary N) is 1. The molecule has 26 heavy (non-hydrogen) atoms. The average Bonchev–Trinajstić information content (AvgIpc) is 2.61. The average molecular weight is 371 g/mol. The zero-order chi connectivity index (χ0) is 18.9. The smallest absolute Gasteiger partial charge is 0.335 e. The molecule has 0 bridgehead atoms. The number of rotatable bonds is 6. The van der Waals surface area contributed by atoms with Crippen LogP contribution in [0.4, 0.5) is 0 Å².